The van der Waals surface area contributed by atoms with Crippen molar-refractivity contribution in [2.24, 2.45) is 0 Å². The van der Waals surface area contributed by atoms with E-state index in [0.717, 1.165) is 39.3 Å². The molecule has 0 radical (unpaired) electrons. The fourth-order valence-electron chi connectivity index (χ4n) is 4.70. The van der Waals surface area contributed by atoms with E-state index in [1.165, 1.54) is 5.56 Å². The van der Waals surface area contributed by atoms with Gasteiger partial charge in [-0.15, -0.1) is 0 Å². The standard InChI is InChI=1S/C21H28ClN3OS/c1-12-16-9-13(22)7-8-15(16)17-18(26-12)23-19(27-17)25(6)14-10-20(2,3)24-21(4,5)11-14/h7-9,12,14,24H,10-11H2,1-6H3. The number of piperidine rings is 1. The molecule has 0 amide bonds. The van der Waals surface area contributed by atoms with Gasteiger partial charge in [-0.3, -0.25) is 0 Å². The Hall–Kier alpha value is -1.30. The zero-order valence-electron chi connectivity index (χ0n) is 16.9. The SMILES string of the molecule is CC1Oc2nc(N(C)C3CC(C)(C)NC(C)(C)C3)sc2-c2ccc(Cl)cc21. The molecule has 1 aromatic carbocycles. The first-order chi connectivity index (χ1) is 12.5. The third kappa shape index (κ3) is 3.57. The van der Waals surface area contributed by atoms with Crippen LogP contribution in [-0.4, -0.2) is 29.2 Å². The summed E-state index contributed by atoms with van der Waals surface area (Å²) in [5, 5.41) is 5.53. The Balaban J connectivity index is 1.67. The molecule has 0 saturated carbocycles. The van der Waals surface area contributed by atoms with Gasteiger partial charge in [0.05, 0.1) is 0 Å². The van der Waals surface area contributed by atoms with Crippen LogP contribution in [0, 0.1) is 0 Å². The molecule has 3 heterocycles. The number of fused-ring (bicyclic) bond motifs is 3. The van der Waals surface area contributed by atoms with Crippen LogP contribution in [0.4, 0.5) is 5.13 Å². The van der Waals surface area contributed by atoms with Crippen LogP contribution in [0.2, 0.25) is 5.02 Å². The topological polar surface area (TPSA) is 37.4 Å². The number of aromatic nitrogens is 1. The maximum absolute atomic E-state index is 6.20. The molecule has 146 valence electrons. The lowest BCUT2D eigenvalue weighted by molar-refractivity contribution is 0.161. The average molecular weight is 406 g/mol. The maximum atomic E-state index is 6.20. The minimum absolute atomic E-state index is 0.0387. The molecule has 1 fully saturated rings. The average Bonchev–Trinajstić information content (AvgIpc) is 2.95. The van der Waals surface area contributed by atoms with E-state index in [1.807, 2.05) is 12.1 Å². The number of rotatable bonds is 2. The summed E-state index contributed by atoms with van der Waals surface area (Å²) in [6, 6.07) is 6.48. The molecule has 1 N–H and O–H groups in total. The quantitative estimate of drug-likeness (QED) is 0.699. The minimum Gasteiger partial charge on any atom is -0.469 e. The van der Waals surface area contributed by atoms with Gasteiger partial charge >= 0.3 is 0 Å². The molecule has 0 bridgehead atoms. The number of hydrogen-bond acceptors (Lipinski definition) is 5. The predicted octanol–water partition coefficient (Wildman–Crippen LogP) is 5.66. The van der Waals surface area contributed by atoms with E-state index in [4.69, 9.17) is 21.3 Å². The molecule has 1 saturated heterocycles. The molecule has 4 rings (SSSR count). The van der Waals surface area contributed by atoms with Crippen molar-refractivity contribution in [3.63, 3.8) is 0 Å². The van der Waals surface area contributed by atoms with Crippen LogP contribution in [0.5, 0.6) is 5.88 Å². The van der Waals surface area contributed by atoms with E-state index in [0.29, 0.717) is 6.04 Å². The van der Waals surface area contributed by atoms with E-state index in [-0.39, 0.29) is 17.2 Å². The summed E-state index contributed by atoms with van der Waals surface area (Å²) in [5.74, 6) is 0.747. The highest BCUT2D eigenvalue weighted by Crippen LogP contribution is 2.48. The molecule has 2 aromatic rings. The molecular formula is C21H28ClN3OS. The first-order valence-electron chi connectivity index (χ1n) is 9.54. The first-order valence-corrected chi connectivity index (χ1v) is 10.7. The van der Waals surface area contributed by atoms with Crippen LogP contribution in [0.25, 0.3) is 10.4 Å². The van der Waals surface area contributed by atoms with Gasteiger partial charge in [-0.05, 0) is 59.6 Å². The van der Waals surface area contributed by atoms with E-state index in [1.54, 1.807) is 11.3 Å². The molecule has 1 atom stereocenters. The van der Waals surface area contributed by atoms with Crippen molar-refractivity contribution in [2.75, 3.05) is 11.9 Å². The van der Waals surface area contributed by atoms with Crippen LogP contribution in [0.3, 0.4) is 0 Å². The van der Waals surface area contributed by atoms with Crippen molar-refractivity contribution in [2.45, 2.75) is 70.7 Å². The van der Waals surface area contributed by atoms with Crippen molar-refractivity contribution >= 4 is 28.1 Å². The number of thiazole rings is 1. The second kappa shape index (κ2) is 6.36. The highest BCUT2D eigenvalue weighted by molar-refractivity contribution is 7.19. The largest absolute Gasteiger partial charge is 0.469 e. The molecular weight excluding hydrogens is 378 g/mol. The normalized spacial score (nSPS) is 23.3. The molecule has 1 unspecified atom stereocenters. The van der Waals surface area contributed by atoms with Gasteiger partial charge in [0, 0.05) is 40.3 Å². The van der Waals surface area contributed by atoms with Gasteiger partial charge in [-0.1, -0.05) is 29.0 Å². The second-order valence-electron chi connectivity index (χ2n) is 9.19. The molecule has 0 aliphatic carbocycles. The third-order valence-corrected chi connectivity index (χ3v) is 6.98. The van der Waals surface area contributed by atoms with Crippen molar-refractivity contribution in [3.8, 4) is 16.3 Å². The summed E-state index contributed by atoms with van der Waals surface area (Å²) in [7, 11) is 2.17. The monoisotopic (exact) mass is 405 g/mol. The predicted molar refractivity (Wildman–Crippen MR) is 114 cm³/mol. The minimum atomic E-state index is -0.0387. The number of nitrogens with one attached hydrogen (secondary N) is 1. The van der Waals surface area contributed by atoms with Gasteiger partial charge in [0.15, 0.2) is 5.13 Å². The van der Waals surface area contributed by atoms with Gasteiger partial charge in [-0.2, -0.15) is 4.98 Å². The van der Waals surface area contributed by atoms with Crippen molar-refractivity contribution in [3.05, 3.63) is 28.8 Å². The van der Waals surface area contributed by atoms with Gasteiger partial charge in [0.2, 0.25) is 5.88 Å². The Bertz CT molecular complexity index is 860. The fraction of sp³-hybridized carbons (Fsp3) is 0.571. The van der Waals surface area contributed by atoms with Gasteiger partial charge < -0.3 is 15.0 Å². The van der Waals surface area contributed by atoms with Crippen LogP contribution < -0.4 is 15.0 Å². The maximum Gasteiger partial charge on any atom is 0.235 e. The fourth-order valence-corrected chi connectivity index (χ4v) is 5.96. The van der Waals surface area contributed by atoms with Crippen molar-refractivity contribution in [1.29, 1.82) is 0 Å². The molecule has 1 aromatic heterocycles. The number of halogens is 1. The lowest BCUT2D eigenvalue weighted by Gasteiger charge is -2.48. The number of hydrogen-bond donors (Lipinski definition) is 1. The van der Waals surface area contributed by atoms with Crippen molar-refractivity contribution < 1.29 is 4.74 Å². The van der Waals surface area contributed by atoms with Crippen LogP contribution in [0.1, 0.15) is 59.1 Å². The number of benzene rings is 1. The first kappa shape index (κ1) is 19.0. The molecule has 6 heteroatoms. The lowest BCUT2D eigenvalue weighted by Crippen LogP contribution is -2.61. The van der Waals surface area contributed by atoms with Gasteiger partial charge in [-0.25, -0.2) is 0 Å². The van der Waals surface area contributed by atoms with E-state index < -0.39 is 0 Å². The van der Waals surface area contributed by atoms with E-state index in [9.17, 15) is 0 Å². The summed E-state index contributed by atoms with van der Waals surface area (Å²) in [4.78, 5) is 8.31. The molecule has 2 aliphatic heterocycles. The van der Waals surface area contributed by atoms with Gasteiger partial charge in [0.25, 0.3) is 0 Å². The molecule has 4 nitrogen and oxygen atoms in total. The van der Waals surface area contributed by atoms with Gasteiger partial charge in [0.1, 0.15) is 11.0 Å². The molecule has 27 heavy (non-hydrogen) atoms. The summed E-state index contributed by atoms with van der Waals surface area (Å²) >= 11 is 7.91. The molecule has 0 spiro atoms. The smallest absolute Gasteiger partial charge is 0.235 e. The van der Waals surface area contributed by atoms with Crippen LogP contribution >= 0.6 is 22.9 Å². The summed E-state index contributed by atoms with van der Waals surface area (Å²) in [5.41, 5.74) is 2.53. The summed E-state index contributed by atoms with van der Waals surface area (Å²) < 4.78 is 6.11. The van der Waals surface area contributed by atoms with Crippen LogP contribution in [-0.2, 0) is 0 Å². The Kier molecular flexibility index (Phi) is 4.48. The lowest BCUT2D eigenvalue weighted by atomic mass is 9.79. The van der Waals surface area contributed by atoms with Crippen molar-refractivity contribution in [1.82, 2.24) is 10.3 Å². The Morgan fingerprint density at radius 2 is 1.89 bits per heavy atom. The Labute approximate surface area is 170 Å². The second-order valence-corrected chi connectivity index (χ2v) is 10.6. The number of nitrogens with zero attached hydrogens (tertiary/aromatic N) is 2. The molecule has 2 aliphatic rings. The summed E-state index contributed by atoms with van der Waals surface area (Å²) in [6.07, 6.45) is 2.13. The summed E-state index contributed by atoms with van der Waals surface area (Å²) in [6.45, 7) is 11.2. The number of anilines is 1. The Morgan fingerprint density at radius 3 is 2.56 bits per heavy atom. The Morgan fingerprint density at radius 1 is 1.22 bits per heavy atom. The van der Waals surface area contributed by atoms with Crippen LogP contribution in [0.15, 0.2) is 18.2 Å². The third-order valence-electron chi connectivity index (χ3n) is 5.59. The zero-order valence-corrected chi connectivity index (χ0v) is 18.5. The van der Waals surface area contributed by atoms with E-state index in [2.05, 4.69) is 57.9 Å². The van der Waals surface area contributed by atoms with E-state index >= 15 is 0 Å². The highest BCUT2D eigenvalue weighted by Gasteiger charge is 2.40. The zero-order chi connectivity index (χ0) is 19.6. The number of ether oxygens (including phenoxy) is 1. The highest BCUT2D eigenvalue weighted by atomic mass is 35.5.